The summed E-state index contributed by atoms with van der Waals surface area (Å²) in [5.74, 6) is 0. The Labute approximate surface area is 153 Å². The highest BCUT2D eigenvalue weighted by Gasteiger charge is 2.60. The highest BCUT2D eigenvalue weighted by atomic mass is 32.2. The van der Waals surface area contributed by atoms with E-state index in [1.165, 1.54) is 19.5 Å². The van der Waals surface area contributed by atoms with E-state index in [0.717, 1.165) is 0 Å². The SMILES string of the molecule is CC1(C)c2cc3sc4sccc4c3cc2C(C)(C)C(C)(C)C1(C)C. The average Bonchev–Trinajstić information content (AvgIpc) is 3.04. The van der Waals surface area contributed by atoms with E-state index in [4.69, 9.17) is 0 Å². The van der Waals surface area contributed by atoms with Crippen LogP contribution in [0.25, 0.3) is 19.5 Å². The third-order valence-electron chi connectivity index (χ3n) is 8.28. The number of thiophene rings is 2. The Morgan fingerprint density at radius 1 is 0.708 bits per heavy atom. The standard InChI is InChI=1S/C22H28S2/c1-19(2)15-11-14-13-9-10-23-18(13)24-17(14)12-16(15)20(3,4)22(7,8)21(19,5)6/h9-12H,1-8H3. The predicted octanol–water partition coefficient (Wildman–Crippen LogP) is 7.74. The zero-order valence-electron chi connectivity index (χ0n) is 16.1. The van der Waals surface area contributed by atoms with Gasteiger partial charge in [-0.05, 0) is 56.4 Å². The third kappa shape index (κ3) is 1.65. The lowest BCUT2D eigenvalue weighted by atomic mass is 9.40. The third-order valence-corrected chi connectivity index (χ3v) is 10.5. The molecule has 24 heavy (non-hydrogen) atoms. The molecule has 0 saturated carbocycles. The fourth-order valence-corrected chi connectivity index (χ4v) is 7.02. The van der Waals surface area contributed by atoms with Crippen molar-refractivity contribution in [3.05, 3.63) is 34.7 Å². The van der Waals surface area contributed by atoms with Gasteiger partial charge < -0.3 is 0 Å². The molecule has 0 aliphatic heterocycles. The number of hydrogen-bond acceptors (Lipinski definition) is 2. The van der Waals surface area contributed by atoms with E-state index < -0.39 is 0 Å². The summed E-state index contributed by atoms with van der Waals surface area (Å²) >= 11 is 3.83. The van der Waals surface area contributed by atoms with Gasteiger partial charge in [-0.25, -0.2) is 0 Å². The van der Waals surface area contributed by atoms with Gasteiger partial charge in [0.25, 0.3) is 0 Å². The molecule has 2 heterocycles. The van der Waals surface area contributed by atoms with E-state index in [2.05, 4.69) is 79.0 Å². The second kappa shape index (κ2) is 4.45. The van der Waals surface area contributed by atoms with Gasteiger partial charge in [0.05, 0.1) is 4.01 Å². The van der Waals surface area contributed by atoms with Crippen molar-refractivity contribution in [1.82, 2.24) is 0 Å². The summed E-state index contributed by atoms with van der Waals surface area (Å²) in [5.41, 5.74) is 3.80. The maximum atomic E-state index is 2.52. The van der Waals surface area contributed by atoms with Gasteiger partial charge in [-0.3, -0.25) is 0 Å². The summed E-state index contributed by atoms with van der Waals surface area (Å²) in [7, 11) is 0. The summed E-state index contributed by atoms with van der Waals surface area (Å²) in [6.07, 6.45) is 0. The highest BCUT2D eigenvalue weighted by molar-refractivity contribution is 7.41. The Bertz CT molecular complexity index is 961. The molecule has 0 N–H and O–H groups in total. The Hall–Kier alpha value is -0.860. The lowest BCUT2D eigenvalue weighted by Gasteiger charge is -2.64. The molecule has 0 bridgehead atoms. The fourth-order valence-electron chi connectivity index (χ4n) is 4.82. The maximum absolute atomic E-state index is 2.52. The molecule has 1 aliphatic rings. The molecule has 0 unspecified atom stereocenters. The van der Waals surface area contributed by atoms with Crippen LogP contribution in [0.1, 0.15) is 66.5 Å². The van der Waals surface area contributed by atoms with E-state index in [1.807, 2.05) is 22.7 Å². The monoisotopic (exact) mass is 356 g/mol. The van der Waals surface area contributed by atoms with Crippen LogP contribution in [0.15, 0.2) is 23.6 Å². The van der Waals surface area contributed by atoms with Gasteiger partial charge >= 0.3 is 0 Å². The lowest BCUT2D eigenvalue weighted by Crippen LogP contribution is -2.59. The molecule has 2 heteroatoms. The van der Waals surface area contributed by atoms with Gasteiger partial charge in [-0.1, -0.05) is 55.4 Å². The smallest absolute Gasteiger partial charge is 0.0877 e. The minimum absolute atomic E-state index is 0.139. The zero-order chi connectivity index (χ0) is 17.7. The molecule has 0 amide bonds. The van der Waals surface area contributed by atoms with Gasteiger partial charge in [0.15, 0.2) is 0 Å². The van der Waals surface area contributed by atoms with Crippen LogP contribution in [0, 0.1) is 10.8 Å². The molecular weight excluding hydrogens is 328 g/mol. The Kier molecular flexibility index (Phi) is 3.08. The summed E-state index contributed by atoms with van der Waals surface area (Å²) < 4.78 is 2.91. The summed E-state index contributed by atoms with van der Waals surface area (Å²) in [4.78, 5) is 0. The van der Waals surface area contributed by atoms with Crippen molar-refractivity contribution < 1.29 is 0 Å². The molecule has 128 valence electrons. The van der Waals surface area contributed by atoms with E-state index in [0.29, 0.717) is 0 Å². The van der Waals surface area contributed by atoms with Crippen LogP contribution in [-0.2, 0) is 10.8 Å². The first kappa shape index (κ1) is 16.6. The fraction of sp³-hybridized carbons (Fsp3) is 0.545. The van der Waals surface area contributed by atoms with Crippen LogP contribution in [0.3, 0.4) is 0 Å². The number of fused-ring (bicyclic) bond motifs is 4. The molecule has 0 saturated heterocycles. The normalized spacial score (nSPS) is 23.5. The van der Waals surface area contributed by atoms with Gasteiger partial charge in [0, 0.05) is 15.5 Å². The van der Waals surface area contributed by atoms with Crippen molar-refractivity contribution in [1.29, 1.82) is 0 Å². The zero-order valence-corrected chi connectivity index (χ0v) is 17.8. The number of benzene rings is 1. The van der Waals surface area contributed by atoms with Crippen molar-refractivity contribution in [2.24, 2.45) is 10.8 Å². The van der Waals surface area contributed by atoms with E-state index in [-0.39, 0.29) is 21.7 Å². The molecule has 2 aromatic heterocycles. The first-order chi connectivity index (χ1) is 10.9. The van der Waals surface area contributed by atoms with Crippen LogP contribution in [-0.4, -0.2) is 0 Å². The average molecular weight is 357 g/mol. The second-order valence-electron chi connectivity index (χ2n) is 9.62. The highest BCUT2D eigenvalue weighted by Crippen LogP contribution is 2.66. The van der Waals surface area contributed by atoms with Crippen LogP contribution in [0.5, 0.6) is 0 Å². The van der Waals surface area contributed by atoms with Gasteiger partial charge in [0.2, 0.25) is 0 Å². The van der Waals surface area contributed by atoms with Crippen LogP contribution in [0.4, 0.5) is 0 Å². The van der Waals surface area contributed by atoms with Crippen LogP contribution < -0.4 is 0 Å². The van der Waals surface area contributed by atoms with Crippen molar-refractivity contribution in [2.75, 3.05) is 0 Å². The molecule has 0 radical (unpaired) electrons. The first-order valence-corrected chi connectivity index (χ1v) is 10.6. The maximum Gasteiger partial charge on any atom is 0.0877 e. The topological polar surface area (TPSA) is 0 Å². The molecule has 0 fully saturated rings. The van der Waals surface area contributed by atoms with Crippen molar-refractivity contribution in [3.8, 4) is 0 Å². The molecule has 4 rings (SSSR count). The predicted molar refractivity (Wildman–Crippen MR) is 111 cm³/mol. The minimum Gasteiger partial charge on any atom is -0.133 e. The molecular formula is C22H28S2. The Morgan fingerprint density at radius 3 is 1.83 bits per heavy atom. The number of rotatable bonds is 0. The largest absolute Gasteiger partial charge is 0.133 e. The van der Waals surface area contributed by atoms with Crippen LogP contribution in [0.2, 0.25) is 0 Å². The van der Waals surface area contributed by atoms with E-state index in [1.54, 1.807) is 11.1 Å². The Morgan fingerprint density at radius 2 is 1.25 bits per heavy atom. The summed E-state index contributed by atoms with van der Waals surface area (Å²) in [6, 6.07) is 7.33. The molecule has 3 aromatic rings. The molecule has 1 aliphatic carbocycles. The van der Waals surface area contributed by atoms with Gasteiger partial charge in [0.1, 0.15) is 0 Å². The van der Waals surface area contributed by atoms with E-state index >= 15 is 0 Å². The van der Waals surface area contributed by atoms with Crippen molar-refractivity contribution in [3.63, 3.8) is 0 Å². The lowest BCUT2D eigenvalue weighted by molar-refractivity contribution is -0.0439. The minimum atomic E-state index is 0.139. The molecule has 0 atom stereocenters. The van der Waals surface area contributed by atoms with Crippen molar-refractivity contribution in [2.45, 2.75) is 66.2 Å². The number of hydrogen-bond donors (Lipinski definition) is 0. The Balaban J connectivity index is 2.16. The molecule has 0 spiro atoms. The second-order valence-corrected chi connectivity index (χ2v) is 11.8. The van der Waals surface area contributed by atoms with Gasteiger partial charge in [-0.2, -0.15) is 0 Å². The van der Waals surface area contributed by atoms with E-state index in [9.17, 15) is 0 Å². The molecule has 0 nitrogen and oxygen atoms in total. The summed E-state index contributed by atoms with van der Waals surface area (Å²) in [5, 5.41) is 5.12. The quantitative estimate of drug-likeness (QED) is 0.386. The summed E-state index contributed by atoms with van der Waals surface area (Å²) in [6.45, 7) is 19.7. The first-order valence-electron chi connectivity index (χ1n) is 8.87. The van der Waals surface area contributed by atoms with Crippen LogP contribution >= 0.6 is 22.7 Å². The van der Waals surface area contributed by atoms with Crippen molar-refractivity contribution >= 4 is 42.2 Å². The molecule has 1 aromatic carbocycles. The van der Waals surface area contributed by atoms with Gasteiger partial charge in [-0.15, -0.1) is 22.7 Å².